The Balaban J connectivity index is 0.00000144. The van der Waals surface area contributed by atoms with Crippen molar-refractivity contribution in [2.75, 3.05) is 0 Å². The average molecular weight is 238 g/mol. The maximum atomic E-state index is 12.0. The minimum Gasteiger partial charge on any atom is -0.447 e. The summed E-state index contributed by atoms with van der Waals surface area (Å²) in [6.45, 7) is -6.90. The van der Waals surface area contributed by atoms with E-state index in [4.69, 9.17) is 0 Å². The Morgan fingerprint density at radius 3 is 0.923 bits per heavy atom. The summed E-state index contributed by atoms with van der Waals surface area (Å²) < 4.78 is 92.5. The van der Waals surface area contributed by atoms with E-state index in [0.717, 1.165) is 0 Å². The van der Waals surface area contributed by atoms with Gasteiger partial charge in [-0.05, 0) is 0 Å². The van der Waals surface area contributed by atoms with Crippen molar-refractivity contribution in [2.45, 2.75) is 17.4 Å². The molecule has 0 heterocycles. The Bertz CT molecular complexity index is 206. The molecule has 0 amide bonds. The normalized spacial score (nSPS) is 27.7. The van der Waals surface area contributed by atoms with E-state index in [1.165, 1.54) is 0 Å². The van der Waals surface area contributed by atoms with Crippen molar-refractivity contribution in [1.82, 2.24) is 0 Å². The number of alkyl halides is 5. The Morgan fingerprint density at radius 2 is 0.923 bits per heavy atom. The molecule has 0 saturated heterocycles. The quantitative estimate of drug-likeness (QED) is 0.421. The van der Waals surface area contributed by atoms with Crippen LogP contribution in [0.2, 0.25) is 0 Å². The maximum Gasteiger partial charge on any atom is 1.00 e. The first-order chi connectivity index (χ1) is 5.00. The van der Waals surface area contributed by atoms with Gasteiger partial charge in [-0.25, -0.2) is 0 Å². The molecule has 0 aliphatic heterocycles. The van der Waals surface area contributed by atoms with Gasteiger partial charge in [-0.1, -0.05) is 0 Å². The Hall–Kier alpha value is 1.14. The zero-order valence-electron chi connectivity index (χ0n) is 6.10. The Kier molecular flexibility index (Phi) is 3.33. The number of rotatable bonds is 1. The van der Waals surface area contributed by atoms with E-state index in [0.29, 0.717) is 0 Å². The molecule has 0 aromatic carbocycles. The summed E-state index contributed by atoms with van der Waals surface area (Å²) in [4.78, 5) is 0. The van der Waals surface area contributed by atoms with Gasteiger partial charge in [0.1, 0.15) is 0 Å². The maximum absolute atomic E-state index is 12.0. The van der Waals surface area contributed by atoms with Crippen LogP contribution in [-0.2, 0) is 0 Å². The molecule has 0 bridgehead atoms. The van der Waals surface area contributed by atoms with Gasteiger partial charge < -0.3 is 12.9 Å². The summed E-state index contributed by atoms with van der Waals surface area (Å²) in [5.41, 5.74) is -5.62. The molecular formula is C3BF8K. The van der Waals surface area contributed by atoms with Crippen molar-refractivity contribution in [1.29, 1.82) is 0 Å². The molecule has 1 aliphatic rings. The van der Waals surface area contributed by atoms with Crippen LogP contribution in [0.4, 0.5) is 34.9 Å². The molecule has 1 fully saturated rings. The minimum atomic E-state index is -6.90. The topological polar surface area (TPSA) is 0 Å². The van der Waals surface area contributed by atoms with Crippen LogP contribution in [0, 0.1) is 0 Å². The molecule has 0 aromatic rings. The third kappa shape index (κ3) is 1.32. The van der Waals surface area contributed by atoms with Crippen molar-refractivity contribution in [3.63, 3.8) is 0 Å². The molecule has 0 nitrogen and oxygen atoms in total. The molecule has 13 heavy (non-hydrogen) atoms. The van der Waals surface area contributed by atoms with Crippen LogP contribution in [0.15, 0.2) is 0 Å². The van der Waals surface area contributed by atoms with Crippen molar-refractivity contribution >= 4 is 6.98 Å². The SMILES string of the molecule is F[B-](F)(F)C1(F)C(F)(F)C1(F)F.[K+]. The molecule has 72 valence electrons. The molecule has 1 saturated carbocycles. The van der Waals surface area contributed by atoms with Gasteiger partial charge in [0.05, 0.1) is 0 Å². The van der Waals surface area contributed by atoms with Gasteiger partial charge in [0, 0.05) is 0 Å². The van der Waals surface area contributed by atoms with Crippen LogP contribution in [0.3, 0.4) is 0 Å². The van der Waals surface area contributed by atoms with Gasteiger partial charge >= 0.3 is 70.2 Å². The molecule has 0 atom stereocenters. The molecule has 0 N–H and O–H groups in total. The minimum absolute atomic E-state index is 0. The molecule has 1 rings (SSSR count). The molecule has 0 spiro atoms. The predicted molar refractivity (Wildman–Crippen MR) is 22.8 cm³/mol. The van der Waals surface area contributed by atoms with E-state index in [9.17, 15) is 34.9 Å². The summed E-state index contributed by atoms with van der Waals surface area (Å²) in [7, 11) is 0. The van der Waals surface area contributed by atoms with Crippen molar-refractivity contribution < 1.29 is 86.3 Å². The standard InChI is InChI=1S/C3BF8.K/c5-1(4(10,11)12)2(6,7)3(1,8)9;/q-1;+1. The first-order valence-corrected chi connectivity index (χ1v) is 2.64. The second-order valence-electron chi connectivity index (χ2n) is 2.44. The predicted octanol–water partition coefficient (Wildman–Crippen LogP) is -0.631. The molecule has 0 radical (unpaired) electrons. The Labute approximate surface area is 110 Å². The fourth-order valence-electron chi connectivity index (χ4n) is 0.817. The number of hydrogen-bond donors (Lipinski definition) is 0. The second-order valence-corrected chi connectivity index (χ2v) is 2.44. The largest absolute Gasteiger partial charge is 1.00 e. The summed E-state index contributed by atoms with van der Waals surface area (Å²) in [6, 6.07) is 0. The van der Waals surface area contributed by atoms with Gasteiger partial charge in [-0.3, -0.25) is 4.39 Å². The smallest absolute Gasteiger partial charge is 0.447 e. The van der Waals surface area contributed by atoms with Crippen LogP contribution < -0.4 is 51.4 Å². The first kappa shape index (κ1) is 14.1. The van der Waals surface area contributed by atoms with E-state index in [2.05, 4.69) is 0 Å². The molecular weight excluding hydrogens is 238 g/mol. The Morgan fingerprint density at radius 1 is 0.692 bits per heavy atom. The summed E-state index contributed by atoms with van der Waals surface area (Å²) in [5.74, 6) is -11.2. The van der Waals surface area contributed by atoms with Crippen LogP contribution in [0.5, 0.6) is 0 Å². The summed E-state index contributed by atoms with van der Waals surface area (Å²) >= 11 is 0. The van der Waals surface area contributed by atoms with Gasteiger partial charge in [0.25, 0.3) is 0 Å². The second kappa shape index (κ2) is 3.06. The fourth-order valence-corrected chi connectivity index (χ4v) is 0.817. The van der Waals surface area contributed by atoms with Crippen molar-refractivity contribution in [3.05, 3.63) is 0 Å². The van der Waals surface area contributed by atoms with E-state index in [1.807, 2.05) is 0 Å². The average Bonchev–Trinajstić information content (AvgIpc) is 2.09. The molecule has 10 heteroatoms. The van der Waals surface area contributed by atoms with Crippen molar-refractivity contribution in [3.8, 4) is 0 Å². The van der Waals surface area contributed by atoms with Gasteiger partial charge in [-0.2, -0.15) is 17.6 Å². The van der Waals surface area contributed by atoms with E-state index in [-0.39, 0.29) is 51.4 Å². The number of halogens is 8. The third-order valence-electron chi connectivity index (χ3n) is 1.70. The molecule has 0 unspecified atom stereocenters. The zero-order chi connectivity index (χ0) is 10.0. The van der Waals surface area contributed by atoms with E-state index in [1.54, 1.807) is 0 Å². The third-order valence-corrected chi connectivity index (χ3v) is 1.70. The molecule has 1 aliphatic carbocycles. The van der Waals surface area contributed by atoms with Crippen LogP contribution >= 0.6 is 0 Å². The van der Waals surface area contributed by atoms with Gasteiger partial charge in [-0.15, -0.1) is 0 Å². The van der Waals surface area contributed by atoms with Crippen LogP contribution in [0.1, 0.15) is 0 Å². The summed E-state index contributed by atoms with van der Waals surface area (Å²) in [5, 5.41) is 0. The van der Waals surface area contributed by atoms with Gasteiger partial charge in [0.2, 0.25) is 5.57 Å². The molecule has 0 aromatic heterocycles. The fraction of sp³-hybridized carbons (Fsp3) is 1.00. The van der Waals surface area contributed by atoms with Crippen LogP contribution in [-0.4, -0.2) is 24.4 Å². The van der Waals surface area contributed by atoms with Gasteiger partial charge in [0.15, 0.2) is 0 Å². The summed E-state index contributed by atoms with van der Waals surface area (Å²) in [6.07, 6.45) is 0. The van der Waals surface area contributed by atoms with Crippen molar-refractivity contribution in [2.24, 2.45) is 0 Å². The first-order valence-electron chi connectivity index (χ1n) is 2.64. The monoisotopic (exact) mass is 238 g/mol. The zero-order valence-corrected chi connectivity index (χ0v) is 9.22. The number of hydrogen-bond acceptors (Lipinski definition) is 0. The van der Waals surface area contributed by atoms with Crippen LogP contribution in [0.25, 0.3) is 0 Å². The van der Waals surface area contributed by atoms with E-state index < -0.39 is 24.4 Å². The van der Waals surface area contributed by atoms with E-state index >= 15 is 0 Å².